The number of aryl methyl sites for hydroxylation is 1. The first-order valence-electron chi connectivity index (χ1n) is 9.52. The van der Waals surface area contributed by atoms with Crippen LogP contribution < -0.4 is 5.32 Å². The van der Waals surface area contributed by atoms with Gasteiger partial charge in [0.1, 0.15) is 0 Å². The fraction of sp³-hybridized carbons (Fsp3) is 0.455. The summed E-state index contributed by atoms with van der Waals surface area (Å²) in [5.41, 5.74) is 1.58. The third-order valence-corrected chi connectivity index (χ3v) is 5.67. The summed E-state index contributed by atoms with van der Waals surface area (Å²) in [5.74, 6) is -1.64. The molecule has 0 aromatic heterocycles. The molecule has 1 aliphatic heterocycles. The molecular weight excluding hydrogens is 381 g/mol. The van der Waals surface area contributed by atoms with Crippen LogP contribution >= 0.6 is 12.4 Å². The second-order valence-corrected chi connectivity index (χ2v) is 7.66. The van der Waals surface area contributed by atoms with Gasteiger partial charge < -0.3 is 20.6 Å². The van der Waals surface area contributed by atoms with Crippen molar-refractivity contribution in [3.63, 3.8) is 0 Å². The molecule has 6 heteroatoms. The molecule has 1 aliphatic rings. The van der Waals surface area contributed by atoms with Gasteiger partial charge in [0, 0.05) is 18.4 Å². The normalized spacial score (nSPS) is 25.8. The van der Waals surface area contributed by atoms with Crippen molar-refractivity contribution in [1.29, 1.82) is 0 Å². The molecule has 0 spiro atoms. The topological polar surface area (TPSA) is 72.7 Å². The lowest BCUT2D eigenvalue weighted by molar-refractivity contribution is -0.0500. The largest absolute Gasteiger partial charge is 0.505 e. The van der Waals surface area contributed by atoms with E-state index in [9.17, 15) is 19.7 Å². The van der Waals surface area contributed by atoms with Crippen molar-refractivity contribution in [1.82, 2.24) is 5.32 Å². The van der Waals surface area contributed by atoms with Gasteiger partial charge in [-0.25, -0.2) is 4.39 Å². The summed E-state index contributed by atoms with van der Waals surface area (Å²) in [7, 11) is 0. The first kappa shape index (κ1) is 22.6. The van der Waals surface area contributed by atoms with Gasteiger partial charge in [0.05, 0.1) is 11.7 Å². The molecule has 4 N–H and O–H groups in total. The molecule has 1 saturated heterocycles. The molecule has 0 aliphatic carbocycles. The van der Waals surface area contributed by atoms with E-state index in [1.807, 2.05) is 38.1 Å². The first-order chi connectivity index (χ1) is 12.8. The summed E-state index contributed by atoms with van der Waals surface area (Å²) >= 11 is 0. The predicted molar refractivity (Wildman–Crippen MR) is 111 cm³/mol. The Morgan fingerprint density at radius 1 is 1.21 bits per heavy atom. The number of halogens is 2. The number of benzene rings is 2. The SMILES string of the molecule is CCC(O)C1NCCC(O)(Cc2ccc(C)cc2)C1c1ccc(O)c(F)c1.Cl. The second kappa shape index (κ2) is 9.23. The standard InChI is InChI=1S/C22H28FNO3.ClH/c1-3-18(25)21-20(16-8-9-19(26)17(23)12-16)22(27,10-11-24-21)13-15-6-4-14(2)5-7-15;/h4-9,12,18,20-21,24-27H,3,10-11,13H2,1-2H3;1H. The van der Waals surface area contributed by atoms with E-state index >= 15 is 0 Å². The van der Waals surface area contributed by atoms with Crippen LogP contribution in [0.25, 0.3) is 0 Å². The number of aliphatic hydroxyl groups excluding tert-OH is 1. The van der Waals surface area contributed by atoms with E-state index in [-0.39, 0.29) is 12.4 Å². The van der Waals surface area contributed by atoms with Gasteiger partial charge in [0.15, 0.2) is 11.6 Å². The Bertz CT molecular complexity index is 786. The number of rotatable bonds is 5. The van der Waals surface area contributed by atoms with Crippen molar-refractivity contribution in [3.05, 3.63) is 65.0 Å². The number of phenolic OH excluding ortho intramolecular Hbond substituents is 1. The van der Waals surface area contributed by atoms with Crippen molar-refractivity contribution in [2.24, 2.45) is 0 Å². The highest BCUT2D eigenvalue weighted by Gasteiger charge is 2.47. The molecule has 4 unspecified atom stereocenters. The minimum Gasteiger partial charge on any atom is -0.505 e. The molecule has 0 amide bonds. The van der Waals surface area contributed by atoms with Crippen LogP contribution in [0.1, 0.15) is 42.4 Å². The summed E-state index contributed by atoms with van der Waals surface area (Å²) in [6.45, 7) is 4.47. The maximum Gasteiger partial charge on any atom is 0.165 e. The van der Waals surface area contributed by atoms with E-state index < -0.39 is 35.2 Å². The summed E-state index contributed by atoms with van der Waals surface area (Å²) in [6.07, 6.45) is 0.752. The van der Waals surface area contributed by atoms with Gasteiger partial charge in [0.2, 0.25) is 0 Å². The lowest BCUT2D eigenvalue weighted by Gasteiger charge is -2.47. The number of phenols is 1. The van der Waals surface area contributed by atoms with Crippen LogP contribution in [0.15, 0.2) is 42.5 Å². The van der Waals surface area contributed by atoms with Crippen molar-refractivity contribution in [2.45, 2.75) is 56.8 Å². The molecule has 4 atom stereocenters. The quantitative estimate of drug-likeness (QED) is 0.610. The minimum atomic E-state index is -1.13. The number of hydrogen-bond acceptors (Lipinski definition) is 4. The number of piperidine rings is 1. The summed E-state index contributed by atoms with van der Waals surface area (Å²) < 4.78 is 14.1. The van der Waals surface area contributed by atoms with Crippen LogP contribution in [-0.4, -0.2) is 39.6 Å². The maximum atomic E-state index is 14.1. The number of aromatic hydroxyl groups is 1. The molecule has 28 heavy (non-hydrogen) atoms. The average Bonchev–Trinajstić information content (AvgIpc) is 2.65. The fourth-order valence-corrected chi connectivity index (χ4v) is 4.17. The van der Waals surface area contributed by atoms with Gasteiger partial charge in [-0.3, -0.25) is 0 Å². The smallest absolute Gasteiger partial charge is 0.165 e. The second-order valence-electron chi connectivity index (χ2n) is 7.66. The lowest BCUT2D eigenvalue weighted by atomic mass is 9.68. The monoisotopic (exact) mass is 409 g/mol. The molecule has 2 aromatic rings. The Kier molecular flexibility index (Phi) is 7.46. The molecule has 1 fully saturated rings. The van der Waals surface area contributed by atoms with Gasteiger partial charge in [0.25, 0.3) is 0 Å². The highest BCUT2D eigenvalue weighted by atomic mass is 35.5. The Morgan fingerprint density at radius 3 is 2.50 bits per heavy atom. The van der Waals surface area contributed by atoms with Crippen LogP contribution in [0.2, 0.25) is 0 Å². The van der Waals surface area contributed by atoms with Gasteiger partial charge in [-0.05, 0) is 49.6 Å². The zero-order chi connectivity index (χ0) is 19.6. The van der Waals surface area contributed by atoms with Gasteiger partial charge in [-0.15, -0.1) is 12.4 Å². The summed E-state index contributed by atoms with van der Waals surface area (Å²) in [4.78, 5) is 0. The Balaban J connectivity index is 0.00000280. The molecule has 4 nitrogen and oxygen atoms in total. The van der Waals surface area contributed by atoms with E-state index in [1.54, 1.807) is 6.07 Å². The van der Waals surface area contributed by atoms with Gasteiger partial charge >= 0.3 is 0 Å². The van der Waals surface area contributed by atoms with Crippen molar-refractivity contribution in [2.75, 3.05) is 6.54 Å². The van der Waals surface area contributed by atoms with E-state index in [2.05, 4.69) is 5.32 Å². The lowest BCUT2D eigenvalue weighted by Crippen LogP contribution is -2.59. The Labute approximate surface area is 171 Å². The van der Waals surface area contributed by atoms with E-state index in [1.165, 1.54) is 12.1 Å². The van der Waals surface area contributed by atoms with Crippen molar-refractivity contribution in [3.8, 4) is 5.75 Å². The van der Waals surface area contributed by atoms with Crippen molar-refractivity contribution < 1.29 is 19.7 Å². The molecule has 0 saturated carbocycles. The number of hydrogen-bond donors (Lipinski definition) is 4. The Hall–Kier alpha value is -1.66. The highest BCUT2D eigenvalue weighted by molar-refractivity contribution is 5.85. The zero-order valence-electron chi connectivity index (χ0n) is 16.2. The average molecular weight is 410 g/mol. The van der Waals surface area contributed by atoms with Gasteiger partial charge in [-0.1, -0.05) is 42.8 Å². The number of nitrogens with one attached hydrogen (secondary N) is 1. The molecule has 0 bridgehead atoms. The van der Waals surface area contributed by atoms with Crippen LogP contribution in [0.5, 0.6) is 5.75 Å². The van der Waals surface area contributed by atoms with E-state index in [0.717, 1.165) is 11.1 Å². The molecule has 0 radical (unpaired) electrons. The molecule has 3 rings (SSSR count). The van der Waals surface area contributed by atoms with E-state index in [0.29, 0.717) is 31.4 Å². The minimum absolute atomic E-state index is 0. The third-order valence-electron chi connectivity index (χ3n) is 5.67. The molecule has 2 aromatic carbocycles. The first-order valence-corrected chi connectivity index (χ1v) is 9.52. The highest BCUT2D eigenvalue weighted by Crippen LogP contribution is 2.41. The molecular formula is C22H29ClFNO3. The molecule has 1 heterocycles. The van der Waals surface area contributed by atoms with Crippen LogP contribution in [0, 0.1) is 12.7 Å². The third kappa shape index (κ3) is 4.66. The van der Waals surface area contributed by atoms with Crippen molar-refractivity contribution >= 4 is 12.4 Å². The van der Waals surface area contributed by atoms with Crippen LogP contribution in [0.4, 0.5) is 4.39 Å². The van der Waals surface area contributed by atoms with Crippen LogP contribution in [-0.2, 0) is 6.42 Å². The maximum absolute atomic E-state index is 14.1. The zero-order valence-corrected chi connectivity index (χ0v) is 17.0. The van der Waals surface area contributed by atoms with Crippen LogP contribution in [0.3, 0.4) is 0 Å². The Morgan fingerprint density at radius 2 is 1.89 bits per heavy atom. The summed E-state index contributed by atoms with van der Waals surface area (Å²) in [5, 5.41) is 35.1. The predicted octanol–water partition coefficient (Wildman–Crippen LogP) is 3.45. The number of aliphatic hydroxyl groups is 2. The summed E-state index contributed by atoms with van der Waals surface area (Å²) in [6, 6.07) is 11.8. The fourth-order valence-electron chi connectivity index (χ4n) is 4.17. The molecule has 154 valence electrons. The van der Waals surface area contributed by atoms with Gasteiger partial charge in [-0.2, -0.15) is 0 Å². The van der Waals surface area contributed by atoms with E-state index in [4.69, 9.17) is 0 Å².